The van der Waals surface area contributed by atoms with Crippen LogP contribution in [0.3, 0.4) is 0 Å². The van der Waals surface area contributed by atoms with Gasteiger partial charge in [-0.2, -0.15) is 11.8 Å². The second-order valence-corrected chi connectivity index (χ2v) is 5.52. The first-order valence-electron chi connectivity index (χ1n) is 7.36. The minimum atomic E-state index is -0.873. The van der Waals surface area contributed by atoms with Gasteiger partial charge in [-0.3, -0.25) is 4.79 Å². The molecule has 132 valence electrons. The summed E-state index contributed by atoms with van der Waals surface area (Å²) in [4.78, 5) is 10.8. The number of carbonyl (C=O) groups excluding carboxylic acids is 1. The van der Waals surface area contributed by atoms with Gasteiger partial charge in [-0.1, -0.05) is 0 Å². The van der Waals surface area contributed by atoms with Gasteiger partial charge in [0.15, 0.2) is 5.78 Å². The van der Waals surface area contributed by atoms with E-state index in [0.29, 0.717) is 58.6 Å². The molecule has 0 aliphatic carbocycles. The first-order valence-corrected chi connectivity index (χ1v) is 8.52. The molecule has 7 nitrogen and oxygen atoms in total. The number of hydrogen-bond donors (Lipinski definition) is 2. The van der Waals surface area contributed by atoms with Gasteiger partial charge in [-0.25, -0.2) is 0 Å². The lowest BCUT2D eigenvalue weighted by Crippen LogP contribution is -2.20. The monoisotopic (exact) mass is 340 g/mol. The lowest BCUT2D eigenvalue weighted by Gasteiger charge is -2.08. The molecule has 8 heteroatoms. The van der Waals surface area contributed by atoms with Crippen molar-refractivity contribution < 1.29 is 34.0 Å². The van der Waals surface area contributed by atoms with Crippen molar-refractivity contribution in [2.75, 3.05) is 71.0 Å². The molecule has 0 amide bonds. The highest BCUT2D eigenvalue weighted by Crippen LogP contribution is 2.03. The molecule has 0 rings (SSSR count). The third kappa shape index (κ3) is 16.2. The lowest BCUT2D eigenvalue weighted by molar-refractivity contribution is -0.123. The van der Waals surface area contributed by atoms with Crippen LogP contribution in [0.2, 0.25) is 0 Å². The van der Waals surface area contributed by atoms with Crippen molar-refractivity contribution in [3.05, 3.63) is 0 Å². The zero-order valence-corrected chi connectivity index (χ0v) is 14.0. The summed E-state index contributed by atoms with van der Waals surface area (Å²) in [6.07, 6.45) is -0.873. The topological polar surface area (TPSA) is 94.5 Å². The smallest absolute Gasteiger partial charge is 0.159 e. The normalized spacial score (nSPS) is 12.5. The molecule has 0 fully saturated rings. The molecule has 0 spiro atoms. The Hall–Kier alpha value is -0.220. The molecular formula is C14H28O7S. The van der Waals surface area contributed by atoms with Crippen LogP contribution in [0.25, 0.3) is 0 Å². The van der Waals surface area contributed by atoms with Crippen LogP contribution in [0, 0.1) is 0 Å². The minimum Gasteiger partial charge on any atom is -0.394 e. The number of aliphatic hydroxyl groups is 2. The maximum atomic E-state index is 10.8. The lowest BCUT2D eigenvalue weighted by atomic mass is 10.3. The maximum absolute atomic E-state index is 10.8. The summed E-state index contributed by atoms with van der Waals surface area (Å²) < 4.78 is 21.0. The van der Waals surface area contributed by atoms with Gasteiger partial charge < -0.3 is 29.2 Å². The second-order valence-electron chi connectivity index (χ2n) is 4.37. The highest BCUT2D eigenvalue weighted by molar-refractivity contribution is 7.99. The summed E-state index contributed by atoms with van der Waals surface area (Å²) in [7, 11) is 0. The van der Waals surface area contributed by atoms with Crippen LogP contribution in [0.5, 0.6) is 0 Å². The molecule has 0 bridgehead atoms. The molecule has 0 radical (unpaired) electrons. The van der Waals surface area contributed by atoms with E-state index in [2.05, 4.69) is 0 Å². The Bertz CT molecular complexity index is 253. The van der Waals surface area contributed by atoms with Crippen LogP contribution in [0.15, 0.2) is 0 Å². The summed E-state index contributed by atoms with van der Waals surface area (Å²) in [5.41, 5.74) is 0. The van der Waals surface area contributed by atoms with Crippen LogP contribution < -0.4 is 0 Å². The van der Waals surface area contributed by atoms with Crippen molar-refractivity contribution in [2.24, 2.45) is 0 Å². The predicted octanol–water partition coefficient (Wildman–Crippen LogP) is -0.272. The third-order valence-electron chi connectivity index (χ3n) is 2.47. The van der Waals surface area contributed by atoms with E-state index in [4.69, 9.17) is 24.1 Å². The van der Waals surface area contributed by atoms with Crippen LogP contribution in [-0.4, -0.2) is 93.1 Å². The Morgan fingerprint density at radius 3 is 1.82 bits per heavy atom. The van der Waals surface area contributed by atoms with Gasteiger partial charge >= 0.3 is 0 Å². The summed E-state index contributed by atoms with van der Waals surface area (Å²) in [5.74, 6) is 0.944. The largest absolute Gasteiger partial charge is 0.394 e. The standard InChI is InChI=1S/C14H28O7S/c1-13(16)14(17)12-22-11-10-21-9-8-20-7-6-19-5-4-18-3-2-15/h14-15,17H,2-12H2,1H3. The number of thioether (sulfide) groups is 1. The number of hydrogen-bond acceptors (Lipinski definition) is 8. The van der Waals surface area contributed by atoms with Crippen LogP contribution in [-0.2, 0) is 23.7 Å². The fourth-order valence-electron chi connectivity index (χ4n) is 1.26. The van der Waals surface area contributed by atoms with E-state index < -0.39 is 6.10 Å². The van der Waals surface area contributed by atoms with Crippen LogP contribution in [0.1, 0.15) is 6.92 Å². The molecule has 0 saturated carbocycles. The number of carbonyl (C=O) groups is 1. The molecule has 22 heavy (non-hydrogen) atoms. The molecule has 0 heterocycles. The van der Waals surface area contributed by atoms with Gasteiger partial charge in [0.25, 0.3) is 0 Å². The SMILES string of the molecule is CC(=O)C(O)CSCCOCCOCCOCCOCCO. The molecule has 2 N–H and O–H groups in total. The quantitative estimate of drug-likeness (QED) is 0.349. The highest BCUT2D eigenvalue weighted by atomic mass is 32.2. The van der Waals surface area contributed by atoms with Crippen molar-refractivity contribution in [3.8, 4) is 0 Å². The van der Waals surface area contributed by atoms with Gasteiger partial charge in [-0.05, 0) is 6.92 Å². The fraction of sp³-hybridized carbons (Fsp3) is 0.929. The van der Waals surface area contributed by atoms with Gasteiger partial charge in [-0.15, -0.1) is 0 Å². The Kier molecular flexibility index (Phi) is 17.0. The van der Waals surface area contributed by atoms with E-state index in [-0.39, 0.29) is 12.4 Å². The Morgan fingerprint density at radius 2 is 1.36 bits per heavy atom. The molecule has 0 aromatic heterocycles. The Balaban J connectivity index is 3.04. The van der Waals surface area contributed by atoms with Gasteiger partial charge in [0, 0.05) is 11.5 Å². The van der Waals surface area contributed by atoms with Gasteiger partial charge in [0.1, 0.15) is 6.10 Å². The van der Waals surface area contributed by atoms with E-state index in [1.165, 1.54) is 18.7 Å². The van der Waals surface area contributed by atoms with E-state index >= 15 is 0 Å². The van der Waals surface area contributed by atoms with Crippen molar-refractivity contribution in [1.29, 1.82) is 0 Å². The molecule has 1 atom stereocenters. The average Bonchev–Trinajstić information content (AvgIpc) is 2.50. The zero-order chi connectivity index (χ0) is 16.5. The van der Waals surface area contributed by atoms with Crippen molar-refractivity contribution in [3.63, 3.8) is 0 Å². The van der Waals surface area contributed by atoms with Gasteiger partial charge in [0.2, 0.25) is 0 Å². The van der Waals surface area contributed by atoms with Crippen molar-refractivity contribution in [1.82, 2.24) is 0 Å². The maximum Gasteiger partial charge on any atom is 0.159 e. The second kappa shape index (κ2) is 17.1. The zero-order valence-electron chi connectivity index (χ0n) is 13.2. The van der Waals surface area contributed by atoms with E-state index in [0.717, 1.165) is 5.75 Å². The average molecular weight is 340 g/mol. The molecule has 0 aliphatic heterocycles. The Morgan fingerprint density at radius 1 is 0.909 bits per heavy atom. The van der Waals surface area contributed by atoms with Crippen molar-refractivity contribution >= 4 is 17.5 Å². The number of rotatable bonds is 17. The molecule has 0 saturated heterocycles. The summed E-state index contributed by atoms with van der Waals surface area (Å²) in [6, 6.07) is 0. The third-order valence-corrected chi connectivity index (χ3v) is 3.48. The molecule has 0 aromatic carbocycles. The molecule has 1 unspecified atom stereocenters. The van der Waals surface area contributed by atoms with Gasteiger partial charge in [0.05, 0.1) is 59.5 Å². The number of aliphatic hydroxyl groups excluding tert-OH is 2. The van der Waals surface area contributed by atoms with Crippen LogP contribution in [0.4, 0.5) is 0 Å². The highest BCUT2D eigenvalue weighted by Gasteiger charge is 2.08. The first-order chi connectivity index (χ1) is 10.7. The van der Waals surface area contributed by atoms with E-state index in [1.54, 1.807) is 0 Å². The van der Waals surface area contributed by atoms with Crippen molar-refractivity contribution in [2.45, 2.75) is 13.0 Å². The minimum absolute atomic E-state index is 0.0267. The Labute approximate surface area is 136 Å². The summed E-state index contributed by atoms with van der Waals surface area (Å²) >= 11 is 1.49. The number of ketones is 1. The fourth-order valence-corrected chi connectivity index (χ4v) is 2.12. The first kappa shape index (κ1) is 21.8. The number of Topliss-reactive ketones (excluding diaryl/α,β-unsaturated/α-hetero) is 1. The molecular weight excluding hydrogens is 312 g/mol. The number of ether oxygens (including phenoxy) is 4. The summed E-state index contributed by atoms with van der Waals surface area (Å²) in [6.45, 7) is 5.29. The predicted molar refractivity (Wildman–Crippen MR) is 84.4 cm³/mol. The molecule has 0 aromatic rings. The van der Waals surface area contributed by atoms with Crippen LogP contribution >= 0.6 is 11.8 Å². The van der Waals surface area contributed by atoms with E-state index in [9.17, 15) is 9.90 Å². The summed E-state index contributed by atoms with van der Waals surface area (Å²) in [5, 5.41) is 17.7. The van der Waals surface area contributed by atoms with E-state index in [1.807, 2.05) is 0 Å². The molecule has 0 aliphatic rings.